The van der Waals surface area contributed by atoms with Crippen LogP contribution in [0.5, 0.6) is 5.75 Å². The number of amides is 1. The van der Waals surface area contributed by atoms with Crippen LogP contribution in [0.3, 0.4) is 0 Å². The zero-order valence-electron chi connectivity index (χ0n) is 11.8. The van der Waals surface area contributed by atoms with Gasteiger partial charge in [0.05, 0.1) is 10.6 Å². The zero-order valence-corrected chi connectivity index (χ0v) is 13.4. The van der Waals surface area contributed by atoms with Gasteiger partial charge in [-0.15, -0.1) is 11.3 Å². The number of benzene rings is 1. The maximum Gasteiger partial charge on any atom is 0.265 e. The molecule has 9 heteroatoms. The predicted molar refractivity (Wildman–Crippen MR) is 82.8 cm³/mol. The molecule has 2 N–H and O–H groups in total. The van der Waals surface area contributed by atoms with Gasteiger partial charge in [0.15, 0.2) is 11.2 Å². The summed E-state index contributed by atoms with van der Waals surface area (Å²) in [5.41, 5.74) is 0.335. The van der Waals surface area contributed by atoms with Crippen molar-refractivity contribution in [1.82, 2.24) is 4.98 Å². The molecule has 2 aromatic rings. The summed E-state index contributed by atoms with van der Waals surface area (Å²) in [6.07, 6.45) is 0.983. The molecule has 2 heterocycles. The van der Waals surface area contributed by atoms with Crippen molar-refractivity contribution >= 4 is 38.1 Å². The van der Waals surface area contributed by atoms with Crippen LogP contribution in [0.2, 0.25) is 0 Å². The molecular formula is C13H13N3O4S2. The second-order valence-corrected chi connectivity index (χ2v) is 7.71. The SMILES string of the molecule is Cc1cnc(NS(=O)(=O)c2ccc3c(c2)NC(=O)[C@H](C)O3)s1. The molecule has 1 aliphatic rings. The second kappa shape index (κ2) is 5.25. The Labute approximate surface area is 131 Å². The van der Waals surface area contributed by atoms with E-state index in [1.165, 1.54) is 29.5 Å². The van der Waals surface area contributed by atoms with Crippen LogP contribution >= 0.6 is 11.3 Å². The molecule has 0 unspecified atom stereocenters. The summed E-state index contributed by atoms with van der Waals surface area (Å²) >= 11 is 1.24. The standard InChI is InChI=1S/C13H13N3O4S2/c1-7-6-14-13(21-7)16-22(18,19)9-3-4-11-10(5-9)15-12(17)8(2)20-11/h3-6,8H,1-2H3,(H,14,16)(H,15,17)/t8-/m0/s1. The number of aromatic nitrogens is 1. The fourth-order valence-electron chi connectivity index (χ4n) is 1.93. The number of sulfonamides is 1. The first-order valence-corrected chi connectivity index (χ1v) is 8.72. The molecule has 0 saturated heterocycles. The second-order valence-electron chi connectivity index (χ2n) is 4.79. The van der Waals surface area contributed by atoms with Crippen molar-refractivity contribution in [2.75, 3.05) is 10.0 Å². The number of thiazole rings is 1. The predicted octanol–water partition coefficient (Wildman–Crippen LogP) is 1.97. The maximum atomic E-state index is 12.3. The highest BCUT2D eigenvalue weighted by molar-refractivity contribution is 7.93. The summed E-state index contributed by atoms with van der Waals surface area (Å²) in [4.78, 5) is 16.5. The fraction of sp³-hybridized carbons (Fsp3) is 0.231. The van der Waals surface area contributed by atoms with Crippen LogP contribution in [-0.4, -0.2) is 25.4 Å². The Morgan fingerprint density at radius 3 is 2.86 bits per heavy atom. The molecule has 1 aliphatic heterocycles. The monoisotopic (exact) mass is 339 g/mol. The van der Waals surface area contributed by atoms with Gasteiger partial charge in [0.25, 0.3) is 15.9 Å². The van der Waals surface area contributed by atoms with Gasteiger partial charge in [0.2, 0.25) is 0 Å². The van der Waals surface area contributed by atoms with Crippen LogP contribution in [-0.2, 0) is 14.8 Å². The van der Waals surface area contributed by atoms with Crippen LogP contribution in [0.15, 0.2) is 29.3 Å². The van der Waals surface area contributed by atoms with Gasteiger partial charge in [0.1, 0.15) is 5.75 Å². The molecule has 22 heavy (non-hydrogen) atoms. The molecule has 0 saturated carbocycles. The van der Waals surface area contributed by atoms with Gasteiger partial charge < -0.3 is 10.1 Å². The number of anilines is 2. The highest BCUT2D eigenvalue weighted by Crippen LogP contribution is 2.32. The van der Waals surface area contributed by atoms with Crippen molar-refractivity contribution in [2.45, 2.75) is 24.8 Å². The van der Waals surface area contributed by atoms with Crippen molar-refractivity contribution < 1.29 is 17.9 Å². The minimum atomic E-state index is -3.77. The lowest BCUT2D eigenvalue weighted by Crippen LogP contribution is -2.34. The molecule has 3 rings (SSSR count). The molecule has 0 aliphatic carbocycles. The van der Waals surface area contributed by atoms with Crippen molar-refractivity contribution in [3.63, 3.8) is 0 Å². The Bertz CT molecular complexity index is 845. The molecule has 0 fully saturated rings. The summed E-state index contributed by atoms with van der Waals surface area (Å²) < 4.78 is 32.5. The number of fused-ring (bicyclic) bond motifs is 1. The van der Waals surface area contributed by atoms with Crippen molar-refractivity contribution in [3.05, 3.63) is 29.3 Å². The van der Waals surface area contributed by atoms with Crippen molar-refractivity contribution in [1.29, 1.82) is 0 Å². The van der Waals surface area contributed by atoms with Crippen molar-refractivity contribution in [2.24, 2.45) is 0 Å². The number of hydrogen-bond donors (Lipinski definition) is 2. The number of nitrogens with zero attached hydrogens (tertiary/aromatic N) is 1. The summed E-state index contributed by atoms with van der Waals surface area (Å²) in [5.74, 6) is 0.127. The van der Waals surface area contributed by atoms with E-state index >= 15 is 0 Å². The smallest absolute Gasteiger partial charge is 0.265 e. The lowest BCUT2D eigenvalue weighted by molar-refractivity contribution is -0.122. The third kappa shape index (κ3) is 2.77. The fourth-order valence-corrected chi connectivity index (χ4v) is 3.86. The summed E-state index contributed by atoms with van der Waals surface area (Å²) in [6, 6.07) is 4.31. The first-order chi connectivity index (χ1) is 10.3. The van der Waals surface area contributed by atoms with Gasteiger partial charge in [-0.25, -0.2) is 13.4 Å². The van der Waals surface area contributed by atoms with E-state index < -0.39 is 16.1 Å². The highest BCUT2D eigenvalue weighted by Gasteiger charge is 2.25. The number of nitrogens with one attached hydrogen (secondary N) is 2. The van der Waals surface area contributed by atoms with E-state index in [9.17, 15) is 13.2 Å². The summed E-state index contributed by atoms with van der Waals surface area (Å²) in [7, 11) is -3.77. The first kappa shape index (κ1) is 14.8. The Morgan fingerprint density at radius 1 is 1.41 bits per heavy atom. The molecule has 7 nitrogen and oxygen atoms in total. The zero-order chi connectivity index (χ0) is 15.9. The molecule has 1 aromatic carbocycles. The number of rotatable bonds is 3. The molecule has 0 radical (unpaired) electrons. The van der Waals surface area contributed by atoms with E-state index in [1.807, 2.05) is 6.92 Å². The van der Waals surface area contributed by atoms with Gasteiger partial charge >= 0.3 is 0 Å². The van der Waals surface area contributed by atoms with Crippen molar-refractivity contribution in [3.8, 4) is 5.75 Å². The maximum absolute atomic E-state index is 12.3. The van der Waals surface area contributed by atoms with Crippen LogP contribution in [0.1, 0.15) is 11.8 Å². The quantitative estimate of drug-likeness (QED) is 0.891. The molecule has 0 bridgehead atoms. The van der Waals surface area contributed by atoms with Gasteiger partial charge in [0, 0.05) is 11.1 Å². The van der Waals surface area contributed by atoms with E-state index in [2.05, 4.69) is 15.0 Å². The Kier molecular flexibility index (Phi) is 3.53. The van der Waals surface area contributed by atoms with E-state index in [4.69, 9.17) is 4.74 Å². The van der Waals surface area contributed by atoms with Crippen LogP contribution in [0.4, 0.5) is 10.8 Å². The summed E-state index contributed by atoms with van der Waals surface area (Å²) in [5, 5.41) is 2.92. The Balaban J connectivity index is 1.92. The van der Waals surface area contributed by atoms with Crippen LogP contribution in [0, 0.1) is 6.92 Å². The van der Waals surface area contributed by atoms with Crippen LogP contribution < -0.4 is 14.8 Å². The van der Waals surface area contributed by atoms with Gasteiger partial charge in [-0.3, -0.25) is 9.52 Å². The third-order valence-corrected chi connectivity index (χ3v) is 5.33. The molecule has 116 valence electrons. The Hall–Kier alpha value is -2.13. The van der Waals surface area contributed by atoms with Gasteiger partial charge in [-0.2, -0.15) is 0 Å². The largest absolute Gasteiger partial charge is 0.479 e. The van der Waals surface area contributed by atoms with E-state index in [1.54, 1.807) is 13.1 Å². The average molecular weight is 339 g/mol. The normalized spacial score (nSPS) is 17.4. The minimum Gasteiger partial charge on any atom is -0.479 e. The van der Waals surface area contributed by atoms with E-state index in [0.717, 1.165) is 4.88 Å². The third-order valence-electron chi connectivity index (χ3n) is 3.04. The number of aryl methyl sites for hydroxylation is 1. The molecule has 1 amide bonds. The minimum absolute atomic E-state index is 0.0255. The lowest BCUT2D eigenvalue weighted by atomic mass is 10.2. The number of hydrogen-bond acceptors (Lipinski definition) is 6. The van der Waals surface area contributed by atoms with E-state index in [-0.39, 0.29) is 10.8 Å². The lowest BCUT2D eigenvalue weighted by Gasteiger charge is -2.23. The molecule has 1 atom stereocenters. The molecular weight excluding hydrogens is 326 g/mol. The van der Waals surface area contributed by atoms with Gasteiger partial charge in [-0.1, -0.05) is 0 Å². The summed E-state index contributed by atoms with van der Waals surface area (Å²) in [6.45, 7) is 3.46. The topological polar surface area (TPSA) is 97.4 Å². The Morgan fingerprint density at radius 2 is 2.18 bits per heavy atom. The molecule has 0 spiro atoms. The number of ether oxygens (including phenoxy) is 1. The van der Waals surface area contributed by atoms with Gasteiger partial charge in [-0.05, 0) is 32.0 Å². The highest BCUT2D eigenvalue weighted by atomic mass is 32.2. The first-order valence-electron chi connectivity index (χ1n) is 6.42. The van der Waals surface area contributed by atoms with Crippen LogP contribution in [0.25, 0.3) is 0 Å². The average Bonchev–Trinajstić information content (AvgIpc) is 2.84. The van der Waals surface area contributed by atoms with E-state index in [0.29, 0.717) is 16.6 Å². The number of carbonyl (C=O) groups is 1. The number of carbonyl (C=O) groups excluding carboxylic acids is 1. The molecule has 1 aromatic heterocycles.